The fourth-order valence-corrected chi connectivity index (χ4v) is 6.03. The van der Waals surface area contributed by atoms with Gasteiger partial charge in [-0.25, -0.2) is 22.5 Å². The molecule has 1 aliphatic heterocycles. The molecule has 5 rings (SSSR count). The lowest BCUT2D eigenvalue weighted by molar-refractivity contribution is -0.118. The van der Waals surface area contributed by atoms with Crippen molar-refractivity contribution in [2.24, 2.45) is 0 Å². The van der Waals surface area contributed by atoms with Gasteiger partial charge >= 0.3 is 0 Å². The maximum absolute atomic E-state index is 13.8. The SMILES string of the molecule is CNCC(=O)NS(=O)(=O)c1cnn2c(Nc3ccc(F)cc3C)c(C(=O)N3CCC(c4ccccc4)CC3)cnc12. The zero-order valence-electron chi connectivity index (χ0n) is 22.6. The maximum Gasteiger partial charge on any atom is 0.269 e. The molecule has 0 atom stereocenters. The summed E-state index contributed by atoms with van der Waals surface area (Å²) in [6.07, 6.45) is 3.96. The van der Waals surface area contributed by atoms with Crippen LogP contribution in [0.4, 0.5) is 15.9 Å². The first-order valence-electron chi connectivity index (χ1n) is 13.1. The minimum Gasteiger partial charge on any atom is -0.339 e. The molecule has 0 spiro atoms. The third kappa shape index (κ3) is 5.91. The molecule has 3 heterocycles. The largest absolute Gasteiger partial charge is 0.339 e. The number of carbonyl (C=O) groups excluding carboxylic acids is 2. The Morgan fingerprint density at radius 2 is 1.80 bits per heavy atom. The van der Waals surface area contributed by atoms with E-state index >= 15 is 0 Å². The third-order valence-electron chi connectivity index (χ3n) is 7.09. The van der Waals surface area contributed by atoms with Crippen molar-refractivity contribution >= 4 is 39.0 Å². The summed E-state index contributed by atoms with van der Waals surface area (Å²) in [5, 5.41) is 9.96. The van der Waals surface area contributed by atoms with Crippen molar-refractivity contribution in [3.05, 3.63) is 83.4 Å². The summed E-state index contributed by atoms with van der Waals surface area (Å²) in [5.41, 5.74) is 2.39. The highest BCUT2D eigenvalue weighted by Crippen LogP contribution is 2.31. The summed E-state index contributed by atoms with van der Waals surface area (Å²) < 4.78 is 43.0. The number of aryl methyl sites for hydroxylation is 1. The van der Waals surface area contributed by atoms with Crippen LogP contribution in [0.2, 0.25) is 0 Å². The number of nitrogens with one attached hydrogen (secondary N) is 3. The molecule has 214 valence electrons. The number of anilines is 2. The summed E-state index contributed by atoms with van der Waals surface area (Å²) in [6.45, 7) is 2.56. The number of carbonyl (C=O) groups is 2. The molecule has 0 radical (unpaired) electrons. The molecule has 2 amide bonds. The molecule has 0 bridgehead atoms. The molecular weight excluding hydrogens is 549 g/mol. The van der Waals surface area contributed by atoms with E-state index in [1.54, 1.807) is 11.8 Å². The Balaban J connectivity index is 1.51. The van der Waals surface area contributed by atoms with Crippen LogP contribution in [0.15, 0.2) is 65.8 Å². The molecule has 41 heavy (non-hydrogen) atoms. The van der Waals surface area contributed by atoms with Crippen molar-refractivity contribution in [1.29, 1.82) is 0 Å². The van der Waals surface area contributed by atoms with E-state index in [-0.39, 0.29) is 34.4 Å². The van der Waals surface area contributed by atoms with E-state index < -0.39 is 21.7 Å². The summed E-state index contributed by atoms with van der Waals surface area (Å²) >= 11 is 0. The molecule has 4 aromatic rings. The standard InChI is InChI=1S/C28H30FN7O4S/c1-18-14-21(29)8-9-23(18)33-26-22(28(38)35-12-10-20(11-13-35)19-6-4-3-5-7-19)15-31-27-24(16-32-36(26)27)41(39,40)34-25(37)17-30-2/h3-9,14-16,20,30,33H,10-13,17H2,1-2H3,(H,34,37). The summed E-state index contributed by atoms with van der Waals surface area (Å²) in [4.78, 5) is 31.5. The number of rotatable bonds is 8. The van der Waals surface area contributed by atoms with Crippen molar-refractivity contribution in [2.45, 2.75) is 30.6 Å². The van der Waals surface area contributed by atoms with Gasteiger partial charge in [0.25, 0.3) is 15.9 Å². The van der Waals surface area contributed by atoms with Crippen LogP contribution in [-0.4, -0.2) is 66.4 Å². The normalized spacial score (nSPS) is 14.3. The lowest BCUT2D eigenvalue weighted by Crippen LogP contribution is -2.38. The van der Waals surface area contributed by atoms with E-state index in [0.717, 1.165) is 19.0 Å². The Hall–Kier alpha value is -4.36. The number of aromatic nitrogens is 3. The number of nitrogens with zero attached hydrogens (tertiary/aromatic N) is 4. The quantitative estimate of drug-likeness (QED) is 0.290. The number of likely N-dealkylation sites (N-methyl/N-ethyl adjacent to an activating group) is 1. The topological polar surface area (TPSA) is 138 Å². The molecule has 1 fully saturated rings. The molecule has 3 N–H and O–H groups in total. The number of hydrogen-bond acceptors (Lipinski definition) is 8. The van der Waals surface area contributed by atoms with Gasteiger partial charge in [-0.1, -0.05) is 30.3 Å². The average molecular weight is 580 g/mol. The molecule has 1 aliphatic rings. The van der Waals surface area contributed by atoms with E-state index in [4.69, 9.17) is 0 Å². The number of benzene rings is 2. The van der Waals surface area contributed by atoms with Crippen LogP contribution >= 0.6 is 0 Å². The van der Waals surface area contributed by atoms with Gasteiger partial charge in [0.2, 0.25) is 5.91 Å². The fraction of sp³-hybridized carbons (Fsp3) is 0.286. The minimum absolute atomic E-state index is 0.0867. The van der Waals surface area contributed by atoms with Crippen LogP contribution < -0.4 is 15.4 Å². The Morgan fingerprint density at radius 1 is 1.07 bits per heavy atom. The van der Waals surface area contributed by atoms with Crippen molar-refractivity contribution in [3.63, 3.8) is 0 Å². The van der Waals surface area contributed by atoms with E-state index in [1.807, 2.05) is 22.9 Å². The second kappa shape index (κ2) is 11.6. The van der Waals surface area contributed by atoms with Crippen molar-refractivity contribution < 1.29 is 22.4 Å². The summed E-state index contributed by atoms with van der Waals surface area (Å²) in [6, 6.07) is 14.3. The Bertz CT molecular complexity index is 1700. The minimum atomic E-state index is -4.31. The summed E-state index contributed by atoms with van der Waals surface area (Å²) in [7, 11) is -2.80. The van der Waals surface area contributed by atoms with Gasteiger partial charge in [0.1, 0.15) is 17.2 Å². The monoisotopic (exact) mass is 579 g/mol. The Labute approximate surface area is 236 Å². The smallest absolute Gasteiger partial charge is 0.269 e. The van der Waals surface area contributed by atoms with Gasteiger partial charge in [-0.2, -0.15) is 9.61 Å². The lowest BCUT2D eigenvalue weighted by Gasteiger charge is -2.32. The zero-order chi connectivity index (χ0) is 29.1. The molecule has 11 nitrogen and oxygen atoms in total. The molecular formula is C28H30FN7O4S. The second-order valence-corrected chi connectivity index (χ2v) is 11.5. The van der Waals surface area contributed by atoms with E-state index in [2.05, 4.69) is 32.8 Å². The van der Waals surface area contributed by atoms with Gasteiger partial charge in [-0.3, -0.25) is 9.59 Å². The van der Waals surface area contributed by atoms with Crippen molar-refractivity contribution in [2.75, 3.05) is 32.0 Å². The Morgan fingerprint density at radius 3 is 2.49 bits per heavy atom. The molecule has 0 aliphatic carbocycles. The molecule has 2 aromatic carbocycles. The molecule has 1 saturated heterocycles. The number of piperidine rings is 1. The molecule has 0 saturated carbocycles. The predicted octanol–water partition coefficient (Wildman–Crippen LogP) is 2.96. The van der Waals surface area contributed by atoms with Gasteiger partial charge in [0.05, 0.1) is 12.7 Å². The number of hydrogen-bond donors (Lipinski definition) is 3. The molecule has 13 heteroatoms. The first kappa shape index (κ1) is 28.2. The number of amides is 2. The number of fused-ring (bicyclic) bond motifs is 1. The fourth-order valence-electron chi connectivity index (χ4n) is 4.98. The zero-order valence-corrected chi connectivity index (χ0v) is 23.4. The van der Waals surface area contributed by atoms with Crippen molar-refractivity contribution in [3.8, 4) is 0 Å². The van der Waals surface area contributed by atoms with Gasteiger partial charge < -0.3 is 15.5 Å². The summed E-state index contributed by atoms with van der Waals surface area (Å²) in [5.74, 6) is -0.955. The highest BCUT2D eigenvalue weighted by atomic mass is 32.2. The van der Waals surface area contributed by atoms with Crippen molar-refractivity contribution in [1.82, 2.24) is 29.5 Å². The molecule has 2 aromatic heterocycles. The molecule has 0 unspecified atom stereocenters. The van der Waals surface area contributed by atoms with Crippen LogP contribution in [-0.2, 0) is 14.8 Å². The number of likely N-dealkylation sites (tertiary alicyclic amines) is 1. The van der Waals surface area contributed by atoms with Gasteiger partial charge in [-0.05, 0) is 62.1 Å². The van der Waals surface area contributed by atoms with E-state index in [0.29, 0.717) is 30.3 Å². The Kier molecular flexibility index (Phi) is 7.99. The highest BCUT2D eigenvalue weighted by molar-refractivity contribution is 7.90. The van der Waals surface area contributed by atoms with Gasteiger partial charge in [-0.15, -0.1) is 0 Å². The first-order valence-corrected chi connectivity index (χ1v) is 14.6. The van der Waals surface area contributed by atoms with Crippen LogP contribution in [0.25, 0.3) is 5.65 Å². The number of halogens is 1. The maximum atomic E-state index is 13.8. The third-order valence-corrected chi connectivity index (χ3v) is 8.46. The lowest BCUT2D eigenvalue weighted by atomic mass is 9.89. The van der Waals surface area contributed by atoms with Crippen LogP contribution in [0.3, 0.4) is 0 Å². The predicted molar refractivity (Wildman–Crippen MR) is 151 cm³/mol. The van der Waals surface area contributed by atoms with E-state index in [1.165, 1.54) is 41.5 Å². The van der Waals surface area contributed by atoms with Crippen LogP contribution in [0, 0.1) is 12.7 Å². The van der Waals surface area contributed by atoms with Crippen LogP contribution in [0.1, 0.15) is 40.2 Å². The van der Waals surface area contributed by atoms with Gasteiger partial charge in [0, 0.05) is 25.0 Å². The highest BCUT2D eigenvalue weighted by Gasteiger charge is 2.30. The van der Waals surface area contributed by atoms with E-state index in [9.17, 15) is 22.4 Å². The second-order valence-electron chi connectivity index (χ2n) is 9.89. The first-order chi connectivity index (χ1) is 19.7. The van der Waals surface area contributed by atoms with Gasteiger partial charge in [0.15, 0.2) is 10.5 Å². The van der Waals surface area contributed by atoms with Crippen LogP contribution in [0.5, 0.6) is 0 Å². The average Bonchev–Trinajstić information content (AvgIpc) is 3.40. The number of sulfonamides is 1.